The number of rotatable bonds is 6. The predicted octanol–water partition coefficient (Wildman–Crippen LogP) is 1.80. The van der Waals surface area contributed by atoms with Crippen LogP contribution in [0.25, 0.3) is 0 Å². The molecule has 5 nitrogen and oxygen atoms in total. The Hall–Kier alpha value is -1.69. The Balaban J connectivity index is 2.51. The highest BCUT2D eigenvalue weighted by atomic mass is 32.2. The molecule has 0 saturated heterocycles. The van der Waals surface area contributed by atoms with E-state index in [0.29, 0.717) is 17.8 Å². The van der Waals surface area contributed by atoms with Gasteiger partial charge in [0.25, 0.3) is 0 Å². The molecular formula is C12H16N2O3S. The highest BCUT2D eigenvalue weighted by Crippen LogP contribution is 2.11. The summed E-state index contributed by atoms with van der Waals surface area (Å²) in [5.41, 5.74) is 1.25. The van der Waals surface area contributed by atoms with Crippen molar-refractivity contribution in [3.05, 3.63) is 29.8 Å². The number of thioether (sulfide) groups is 1. The van der Waals surface area contributed by atoms with Crippen molar-refractivity contribution in [3.8, 4) is 0 Å². The molecule has 0 fully saturated rings. The molecule has 0 aliphatic heterocycles. The average Bonchev–Trinajstić information content (AvgIpc) is 2.28. The van der Waals surface area contributed by atoms with Crippen molar-refractivity contribution in [1.82, 2.24) is 5.32 Å². The van der Waals surface area contributed by atoms with Gasteiger partial charge < -0.3 is 15.7 Å². The number of hydrogen-bond donors (Lipinski definition) is 3. The van der Waals surface area contributed by atoms with Crippen molar-refractivity contribution in [1.29, 1.82) is 0 Å². The summed E-state index contributed by atoms with van der Waals surface area (Å²) >= 11 is 1.65. The third-order valence-corrected chi connectivity index (χ3v) is 2.74. The number of benzene rings is 1. The van der Waals surface area contributed by atoms with Crippen molar-refractivity contribution >= 4 is 29.4 Å². The summed E-state index contributed by atoms with van der Waals surface area (Å²) < 4.78 is 0. The molecule has 1 aromatic carbocycles. The zero-order valence-corrected chi connectivity index (χ0v) is 10.9. The molecule has 0 aliphatic rings. The third-order valence-electron chi connectivity index (χ3n) is 2.13. The largest absolute Gasteiger partial charge is 0.481 e. The van der Waals surface area contributed by atoms with Gasteiger partial charge in [-0.25, -0.2) is 4.79 Å². The molecule has 98 valence electrons. The minimum Gasteiger partial charge on any atom is -0.481 e. The lowest BCUT2D eigenvalue weighted by Gasteiger charge is -2.08. The van der Waals surface area contributed by atoms with E-state index in [-0.39, 0.29) is 12.5 Å². The molecule has 1 aromatic rings. The number of aliphatic carboxylic acids is 1. The number of anilines is 1. The van der Waals surface area contributed by atoms with Gasteiger partial charge >= 0.3 is 12.0 Å². The number of amides is 2. The molecule has 18 heavy (non-hydrogen) atoms. The quantitative estimate of drug-likeness (QED) is 0.687. The Morgan fingerprint density at radius 1 is 1.39 bits per heavy atom. The van der Waals surface area contributed by atoms with Crippen LogP contribution in [0.2, 0.25) is 0 Å². The molecule has 0 heterocycles. The molecule has 0 aliphatic carbocycles. The van der Waals surface area contributed by atoms with E-state index in [2.05, 4.69) is 10.6 Å². The van der Waals surface area contributed by atoms with Crippen molar-refractivity contribution in [2.75, 3.05) is 23.9 Å². The molecule has 1 rings (SSSR count). The van der Waals surface area contributed by atoms with Gasteiger partial charge in [-0.3, -0.25) is 4.79 Å². The second kappa shape index (κ2) is 7.60. The molecule has 0 radical (unpaired) electrons. The number of carbonyl (C=O) groups is 2. The van der Waals surface area contributed by atoms with E-state index in [4.69, 9.17) is 5.11 Å². The first kappa shape index (κ1) is 14.4. The van der Waals surface area contributed by atoms with E-state index in [1.807, 2.05) is 6.26 Å². The summed E-state index contributed by atoms with van der Waals surface area (Å²) in [6, 6.07) is 6.53. The van der Waals surface area contributed by atoms with Gasteiger partial charge in [-0.2, -0.15) is 11.8 Å². The van der Waals surface area contributed by atoms with Crippen LogP contribution in [0.5, 0.6) is 0 Å². The number of carboxylic acid groups (broad SMARTS) is 1. The smallest absolute Gasteiger partial charge is 0.319 e. The SMILES string of the molecule is CSCCNC(=O)Nc1cccc(CC(=O)O)c1. The molecule has 0 spiro atoms. The topological polar surface area (TPSA) is 78.4 Å². The Morgan fingerprint density at radius 2 is 2.17 bits per heavy atom. The van der Waals surface area contributed by atoms with E-state index < -0.39 is 5.97 Å². The maximum Gasteiger partial charge on any atom is 0.319 e. The summed E-state index contributed by atoms with van der Waals surface area (Å²) in [6.07, 6.45) is 1.92. The Morgan fingerprint density at radius 3 is 2.83 bits per heavy atom. The molecule has 0 atom stereocenters. The maximum atomic E-state index is 11.5. The van der Waals surface area contributed by atoms with E-state index in [9.17, 15) is 9.59 Å². The summed E-state index contributed by atoms with van der Waals surface area (Å²) in [7, 11) is 0. The maximum absolute atomic E-state index is 11.5. The number of hydrogen-bond acceptors (Lipinski definition) is 3. The first-order chi connectivity index (χ1) is 8.61. The summed E-state index contributed by atoms with van der Waals surface area (Å²) in [5.74, 6) is -0.0384. The van der Waals surface area contributed by atoms with Gasteiger partial charge in [0.15, 0.2) is 0 Å². The number of nitrogens with one attached hydrogen (secondary N) is 2. The molecule has 0 saturated carbocycles. The molecular weight excluding hydrogens is 252 g/mol. The van der Waals surface area contributed by atoms with Crippen molar-refractivity contribution in [2.24, 2.45) is 0 Å². The summed E-state index contributed by atoms with van der Waals surface area (Å²) in [4.78, 5) is 22.0. The van der Waals surface area contributed by atoms with Gasteiger partial charge in [-0.15, -0.1) is 0 Å². The highest BCUT2D eigenvalue weighted by molar-refractivity contribution is 7.98. The van der Waals surface area contributed by atoms with E-state index in [0.717, 1.165) is 5.75 Å². The molecule has 6 heteroatoms. The normalized spacial score (nSPS) is 9.83. The van der Waals surface area contributed by atoms with Gasteiger partial charge in [0, 0.05) is 18.0 Å². The Kier molecular flexibility index (Phi) is 6.07. The molecule has 0 unspecified atom stereocenters. The number of carbonyl (C=O) groups excluding carboxylic acids is 1. The standard InChI is InChI=1S/C12H16N2O3S/c1-18-6-5-13-12(17)14-10-4-2-3-9(7-10)8-11(15)16/h2-4,7H,5-6,8H2,1H3,(H,15,16)(H2,13,14,17). The zero-order valence-electron chi connectivity index (χ0n) is 10.1. The van der Waals surface area contributed by atoms with Crippen molar-refractivity contribution < 1.29 is 14.7 Å². The fourth-order valence-electron chi connectivity index (χ4n) is 1.38. The minimum absolute atomic E-state index is 0.0520. The monoisotopic (exact) mass is 268 g/mol. The van der Waals surface area contributed by atoms with Gasteiger partial charge in [0.2, 0.25) is 0 Å². The van der Waals surface area contributed by atoms with Crippen LogP contribution in [-0.2, 0) is 11.2 Å². The number of carboxylic acids is 1. The highest BCUT2D eigenvalue weighted by Gasteiger charge is 2.04. The van der Waals surface area contributed by atoms with Crippen LogP contribution < -0.4 is 10.6 Å². The van der Waals surface area contributed by atoms with Crippen LogP contribution in [-0.4, -0.2) is 35.7 Å². The molecule has 3 N–H and O–H groups in total. The summed E-state index contributed by atoms with van der Waals surface area (Å²) in [5, 5.41) is 14.0. The Bertz CT molecular complexity index is 424. The van der Waals surface area contributed by atoms with Crippen LogP contribution in [0.1, 0.15) is 5.56 Å². The van der Waals surface area contributed by atoms with E-state index in [1.165, 1.54) is 0 Å². The second-order valence-corrected chi connectivity index (χ2v) is 4.63. The lowest BCUT2D eigenvalue weighted by Crippen LogP contribution is -2.30. The first-order valence-electron chi connectivity index (χ1n) is 5.46. The van der Waals surface area contributed by atoms with Gasteiger partial charge in [0.1, 0.15) is 0 Å². The lowest BCUT2D eigenvalue weighted by atomic mass is 10.1. The zero-order chi connectivity index (χ0) is 13.4. The van der Waals surface area contributed by atoms with Gasteiger partial charge in [0.05, 0.1) is 6.42 Å². The lowest BCUT2D eigenvalue weighted by molar-refractivity contribution is -0.136. The Labute approximate surface area is 110 Å². The average molecular weight is 268 g/mol. The van der Waals surface area contributed by atoms with Crippen LogP contribution in [0.3, 0.4) is 0 Å². The van der Waals surface area contributed by atoms with Crippen LogP contribution in [0.15, 0.2) is 24.3 Å². The second-order valence-electron chi connectivity index (χ2n) is 3.64. The third kappa shape index (κ3) is 5.58. The molecule has 0 aromatic heterocycles. The summed E-state index contributed by atoms with van der Waals surface area (Å²) in [6.45, 7) is 0.599. The van der Waals surface area contributed by atoms with Crippen molar-refractivity contribution in [3.63, 3.8) is 0 Å². The van der Waals surface area contributed by atoms with E-state index >= 15 is 0 Å². The first-order valence-corrected chi connectivity index (χ1v) is 6.85. The predicted molar refractivity (Wildman–Crippen MR) is 73.2 cm³/mol. The van der Waals surface area contributed by atoms with Gasteiger partial charge in [-0.1, -0.05) is 12.1 Å². The fourth-order valence-corrected chi connectivity index (χ4v) is 1.68. The van der Waals surface area contributed by atoms with Crippen molar-refractivity contribution in [2.45, 2.75) is 6.42 Å². The molecule has 0 bridgehead atoms. The van der Waals surface area contributed by atoms with Gasteiger partial charge in [-0.05, 0) is 24.0 Å². The van der Waals surface area contributed by atoms with E-state index in [1.54, 1.807) is 36.0 Å². The molecule has 2 amide bonds. The number of urea groups is 1. The van der Waals surface area contributed by atoms with Crippen LogP contribution >= 0.6 is 11.8 Å². The minimum atomic E-state index is -0.892. The van der Waals surface area contributed by atoms with Crippen LogP contribution in [0.4, 0.5) is 10.5 Å². The van der Waals surface area contributed by atoms with Crippen LogP contribution in [0, 0.1) is 0 Å². The fraction of sp³-hybridized carbons (Fsp3) is 0.333.